The van der Waals surface area contributed by atoms with Crippen molar-refractivity contribution in [2.24, 2.45) is 0 Å². The molecule has 0 spiro atoms. The molecule has 1 aliphatic carbocycles. The van der Waals surface area contributed by atoms with Crippen molar-refractivity contribution in [3.8, 4) is 6.07 Å². The summed E-state index contributed by atoms with van der Waals surface area (Å²) in [6, 6.07) is 8.99. The number of benzene rings is 1. The van der Waals surface area contributed by atoms with Gasteiger partial charge in [-0.3, -0.25) is 9.59 Å². The van der Waals surface area contributed by atoms with Crippen LogP contribution in [0, 0.1) is 11.3 Å². The second-order valence-corrected chi connectivity index (χ2v) is 5.85. The zero-order valence-electron chi connectivity index (χ0n) is 12.1. The first-order chi connectivity index (χ1) is 10.5. The van der Waals surface area contributed by atoms with Crippen molar-refractivity contribution in [1.29, 1.82) is 5.26 Å². The molecule has 0 saturated heterocycles. The number of carbonyl (C=O) groups is 2. The van der Waals surface area contributed by atoms with Gasteiger partial charge in [0.05, 0.1) is 12.5 Å². The van der Waals surface area contributed by atoms with E-state index >= 15 is 0 Å². The van der Waals surface area contributed by atoms with Crippen LogP contribution in [0.5, 0.6) is 0 Å². The number of hydrogen-bond donors (Lipinski definition) is 1. The number of rotatable bonds is 5. The van der Waals surface area contributed by atoms with Crippen LogP contribution >= 0.6 is 11.6 Å². The number of nitrogens with zero attached hydrogens (tertiary/aromatic N) is 1. The molecule has 6 heteroatoms. The van der Waals surface area contributed by atoms with Crippen molar-refractivity contribution in [2.45, 2.75) is 37.6 Å². The number of esters is 1. The highest BCUT2D eigenvalue weighted by Gasteiger charge is 2.35. The Bertz CT molecular complexity index is 586. The highest BCUT2D eigenvalue weighted by molar-refractivity contribution is 6.30. The van der Waals surface area contributed by atoms with Crippen LogP contribution in [0.4, 0.5) is 0 Å². The molecular formula is C16H17ClN2O3. The molecule has 0 heterocycles. The van der Waals surface area contributed by atoms with E-state index in [9.17, 15) is 14.9 Å². The van der Waals surface area contributed by atoms with E-state index in [0.29, 0.717) is 17.9 Å². The highest BCUT2D eigenvalue weighted by atomic mass is 35.5. The second-order valence-electron chi connectivity index (χ2n) is 5.41. The molecule has 1 aliphatic rings. The third-order valence-electron chi connectivity index (χ3n) is 3.68. The van der Waals surface area contributed by atoms with Gasteiger partial charge in [0.15, 0.2) is 6.61 Å². The largest absolute Gasteiger partial charge is 0.455 e. The maximum Gasteiger partial charge on any atom is 0.310 e. The summed E-state index contributed by atoms with van der Waals surface area (Å²) in [6.07, 6.45) is 3.21. The van der Waals surface area contributed by atoms with Gasteiger partial charge in [-0.05, 0) is 43.4 Å². The van der Waals surface area contributed by atoms with E-state index in [-0.39, 0.29) is 13.0 Å². The number of amides is 1. The molecule has 1 aromatic carbocycles. The minimum absolute atomic E-state index is 0.0772. The average Bonchev–Trinajstić information content (AvgIpc) is 2.97. The molecule has 0 aromatic heterocycles. The smallest absolute Gasteiger partial charge is 0.310 e. The number of hydrogen-bond acceptors (Lipinski definition) is 4. The fraction of sp³-hybridized carbons (Fsp3) is 0.438. The maximum absolute atomic E-state index is 11.8. The Morgan fingerprint density at radius 3 is 2.50 bits per heavy atom. The highest BCUT2D eigenvalue weighted by Crippen LogP contribution is 2.28. The molecule has 22 heavy (non-hydrogen) atoms. The van der Waals surface area contributed by atoms with Gasteiger partial charge in [0.25, 0.3) is 5.91 Å². The van der Waals surface area contributed by atoms with Crippen LogP contribution < -0.4 is 5.32 Å². The molecule has 0 atom stereocenters. The normalized spacial score (nSPS) is 15.8. The first-order valence-electron chi connectivity index (χ1n) is 7.15. The van der Waals surface area contributed by atoms with E-state index in [1.807, 2.05) is 0 Å². The average molecular weight is 321 g/mol. The summed E-state index contributed by atoms with van der Waals surface area (Å²) in [6.45, 7) is -0.365. The number of nitriles is 1. The van der Waals surface area contributed by atoms with Crippen molar-refractivity contribution in [3.63, 3.8) is 0 Å². The first kappa shape index (κ1) is 16.3. The summed E-state index contributed by atoms with van der Waals surface area (Å²) in [5.74, 6) is -0.928. The Balaban J connectivity index is 1.77. The van der Waals surface area contributed by atoms with E-state index in [2.05, 4.69) is 11.4 Å². The molecule has 116 valence electrons. The minimum Gasteiger partial charge on any atom is -0.455 e. The van der Waals surface area contributed by atoms with Crippen LogP contribution in [0.3, 0.4) is 0 Å². The Morgan fingerprint density at radius 1 is 1.27 bits per heavy atom. The summed E-state index contributed by atoms with van der Waals surface area (Å²) < 4.78 is 4.94. The first-order valence-corrected chi connectivity index (χ1v) is 7.53. The zero-order chi connectivity index (χ0) is 16.0. The molecule has 1 N–H and O–H groups in total. The standard InChI is InChI=1S/C16H17ClN2O3/c17-13-5-3-12(4-6-13)9-15(21)22-10-14(20)19-16(11-18)7-1-2-8-16/h3-6H,1-2,7-10H2,(H,19,20). The molecule has 0 radical (unpaired) electrons. The molecule has 0 bridgehead atoms. The van der Waals surface area contributed by atoms with Crippen molar-refractivity contribution in [1.82, 2.24) is 5.32 Å². The number of carbonyl (C=O) groups excluding carboxylic acids is 2. The fourth-order valence-corrected chi connectivity index (χ4v) is 2.64. The minimum atomic E-state index is -0.792. The van der Waals surface area contributed by atoms with Crippen LogP contribution in [-0.4, -0.2) is 24.0 Å². The third-order valence-corrected chi connectivity index (χ3v) is 3.93. The summed E-state index contributed by atoms with van der Waals surface area (Å²) in [7, 11) is 0. The van der Waals surface area contributed by atoms with E-state index in [1.165, 1.54) is 0 Å². The number of nitrogens with one attached hydrogen (secondary N) is 1. The van der Waals surface area contributed by atoms with Crippen LogP contribution in [0.15, 0.2) is 24.3 Å². The SMILES string of the molecule is N#CC1(NC(=O)COC(=O)Cc2ccc(Cl)cc2)CCCC1. The van der Waals surface area contributed by atoms with E-state index in [1.54, 1.807) is 24.3 Å². The molecule has 2 rings (SSSR count). The molecular weight excluding hydrogens is 304 g/mol. The van der Waals surface area contributed by atoms with E-state index < -0.39 is 17.4 Å². The van der Waals surface area contributed by atoms with Crippen LogP contribution in [-0.2, 0) is 20.7 Å². The van der Waals surface area contributed by atoms with E-state index in [4.69, 9.17) is 16.3 Å². The van der Waals surface area contributed by atoms with Crippen molar-refractivity contribution in [2.75, 3.05) is 6.61 Å². The molecule has 0 aliphatic heterocycles. The molecule has 1 aromatic rings. The lowest BCUT2D eigenvalue weighted by molar-refractivity contribution is -0.148. The summed E-state index contributed by atoms with van der Waals surface area (Å²) in [5, 5.41) is 12.4. The van der Waals surface area contributed by atoms with Crippen molar-refractivity contribution < 1.29 is 14.3 Å². The van der Waals surface area contributed by atoms with Crippen molar-refractivity contribution >= 4 is 23.5 Å². The topological polar surface area (TPSA) is 79.2 Å². The van der Waals surface area contributed by atoms with Gasteiger partial charge in [-0.15, -0.1) is 0 Å². The number of ether oxygens (including phenoxy) is 1. The zero-order valence-corrected chi connectivity index (χ0v) is 12.9. The maximum atomic E-state index is 11.8. The quantitative estimate of drug-likeness (QED) is 0.845. The van der Waals surface area contributed by atoms with Gasteiger partial charge in [-0.25, -0.2) is 0 Å². The van der Waals surface area contributed by atoms with Crippen LogP contribution in [0.2, 0.25) is 5.02 Å². The van der Waals surface area contributed by atoms with Gasteiger partial charge in [0.2, 0.25) is 0 Å². The monoisotopic (exact) mass is 320 g/mol. The Morgan fingerprint density at radius 2 is 1.91 bits per heavy atom. The lowest BCUT2D eigenvalue weighted by Crippen LogP contribution is -2.46. The van der Waals surface area contributed by atoms with Gasteiger partial charge < -0.3 is 10.1 Å². The molecule has 1 amide bonds. The Kier molecular flexibility index (Phi) is 5.40. The summed E-state index contributed by atoms with van der Waals surface area (Å²) >= 11 is 5.76. The van der Waals surface area contributed by atoms with E-state index in [0.717, 1.165) is 18.4 Å². The van der Waals surface area contributed by atoms with Gasteiger partial charge in [0, 0.05) is 5.02 Å². The summed E-state index contributed by atoms with van der Waals surface area (Å²) in [5.41, 5.74) is -0.0289. The molecule has 1 saturated carbocycles. The molecule has 1 fully saturated rings. The lowest BCUT2D eigenvalue weighted by atomic mass is 10.00. The van der Waals surface area contributed by atoms with Gasteiger partial charge >= 0.3 is 5.97 Å². The van der Waals surface area contributed by atoms with Gasteiger partial charge in [-0.1, -0.05) is 23.7 Å². The van der Waals surface area contributed by atoms with Crippen molar-refractivity contribution in [3.05, 3.63) is 34.9 Å². The van der Waals surface area contributed by atoms with Gasteiger partial charge in [-0.2, -0.15) is 5.26 Å². The van der Waals surface area contributed by atoms with Gasteiger partial charge in [0.1, 0.15) is 5.54 Å². The lowest BCUT2D eigenvalue weighted by Gasteiger charge is -2.21. The van der Waals surface area contributed by atoms with Crippen LogP contribution in [0.25, 0.3) is 0 Å². The molecule has 5 nitrogen and oxygen atoms in total. The Hall–Kier alpha value is -2.06. The molecule has 0 unspecified atom stereocenters. The van der Waals surface area contributed by atoms with Crippen LogP contribution in [0.1, 0.15) is 31.2 Å². The third kappa shape index (κ3) is 4.47. The second kappa shape index (κ2) is 7.28. The summed E-state index contributed by atoms with van der Waals surface area (Å²) in [4.78, 5) is 23.5. The predicted octanol–water partition coefficient (Wildman–Crippen LogP) is 2.38. The predicted molar refractivity (Wildman–Crippen MR) is 81.1 cm³/mol. The number of halogens is 1. The Labute approximate surface area is 134 Å². The fourth-order valence-electron chi connectivity index (χ4n) is 2.51.